The predicted octanol–water partition coefficient (Wildman–Crippen LogP) is 1.10. The summed E-state index contributed by atoms with van der Waals surface area (Å²) in [4.78, 5) is 6.84. The van der Waals surface area contributed by atoms with Crippen molar-refractivity contribution in [3.8, 4) is 0 Å². The summed E-state index contributed by atoms with van der Waals surface area (Å²) in [6, 6.07) is 0.699. The van der Waals surface area contributed by atoms with E-state index in [1.807, 2.05) is 11.6 Å². The molecule has 2 saturated heterocycles. The third-order valence-electron chi connectivity index (χ3n) is 3.59. The maximum atomic E-state index is 5.89. The molecule has 17 heavy (non-hydrogen) atoms. The van der Waals surface area contributed by atoms with E-state index in [-0.39, 0.29) is 0 Å². The average Bonchev–Trinajstić information content (AvgIpc) is 2.98. The molecule has 3 rings (SSSR count). The quantitative estimate of drug-likeness (QED) is 0.872. The fourth-order valence-electron chi connectivity index (χ4n) is 2.69. The molecule has 0 spiro atoms. The highest BCUT2D eigenvalue weighted by Crippen LogP contribution is 2.22. The first-order chi connectivity index (χ1) is 8.42. The Morgan fingerprint density at radius 3 is 3.47 bits per heavy atom. The van der Waals surface area contributed by atoms with Gasteiger partial charge in [0.05, 0.1) is 12.7 Å². The zero-order valence-corrected chi connectivity index (χ0v) is 10.8. The van der Waals surface area contributed by atoms with Crippen LogP contribution in [0.15, 0.2) is 11.6 Å². The van der Waals surface area contributed by atoms with Crippen molar-refractivity contribution in [3.05, 3.63) is 16.6 Å². The van der Waals surface area contributed by atoms with Crippen LogP contribution >= 0.6 is 11.3 Å². The number of nitrogens with one attached hydrogen (secondary N) is 1. The Morgan fingerprint density at radius 1 is 1.59 bits per heavy atom. The lowest BCUT2D eigenvalue weighted by atomic mass is 10.2. The van der Waals surface area contributed by atoms with Crippen molar-refractivity contribution < 1.29 is 4.74 Å². The third kappa shape index (κ3) is 2.85. The minimum atomic E-state index is 0.351. The van der Waals surface area contributed by atoms with Crippen LogP contribution in [0.1, 0.15) is 17.8 Å². The van der Waals surface area contributed by atoms with Crippen LogP contribution in [0.5, 0.6) is 0 Å². The lowest BCUT2D eigenvalue weighted by Gasteiger charge is -2.35. The Kier molecular flexibility index (Phi) is 3.71. The van der Waals surface area contributed by atoms with Crippen LogP contribution in [-0.2, 0) is 11.3 Å². The van der Waals surface area contributed by atoms with E-state index in [4.69, 9.17) is 4.74 Å². The summed E-state index contributed by atoms with van der Waals surface area (Å²) in [5, 5.41) is 6.60. The standard InChI is InChI=1S/C12H19N3OS/c1-2-10-9-16-11(8-15(10)4-1)6-13-7-12-14-3-5-17-12/h3,5,10-11,13H,1-2,4,6-9H2. The molecule has 0 bridgehead atoms. The minimum absolute atomic E-state index is 0.351. The average molecular weight is 253 g/mol. The van der Waals surface area contributed by atoms with Gasteiger partial charge in [-0.1, -0.05) is 0 Å². The van der Waals surface area contributed by atoms with Crippen LogP contribution in [0.4, 0.5) is 0 Å². The molecule has 1 aromatic rings. The lowest BCUT2D eigenvalue weighted by Crippen LogP contribution is -2.49. The van der Waals surface area contributed by atoms with E-state index < -0.39 is 0 Å². The summed E-state index contributed by atoms with van der Waals surface area (Å²) in [7, 11) is 0. The Balaban J connectivity index is 1.40. The molecule has 0 amide bonds. The molecule has 1 N–H and O–H groups in total. The Bertz CT molecular complexity index is 344. The van der Waals surface area contributed by atoms with Crippen molar-refractivity contribution in [2.24, 2.45) is 0 Å². The largest absolute Gasteiger partial charge is 0.374 e. The molecule has 94 valence electrons. The predicted molar refractivity (Wildman–Crippen MR) is 68.2 cm³/mol. The van der Waals surface area contributed by atoms with Crippen molar-refractivity contribution in [1.82, 2.24) is 15.2 Å². The van der Waals surface area contributed by atoms with Gasteiger partial charge in [-0.05, 0) is 19.4 Å². The Morgan fingerprint density at radius 2 is 2.59 bits per heavy atom. The highest BCUT2D eigenvalue weighted by molar-refractivity contribution is 7.09. The van der Waals surface area contributed by atoms with E-state index in [2.05, 4.69) is 15.2 Å². The van der Waals surface area contributed by atoms with Gasteiger partial charge in [0.1, 0.15) is 5.01 Å². The van der Waals surface area contributed by atoms with Gasteiger partial charge in [-0.3, -0.25) is 4.90 Å². The number of hydrogen-bond acceptors (Lipinski definition) is 5. The molecule has 2 aliphatic rings. The van der Waals surface area contributed by atoms with Gasteiger partial charge in [0, 0.05) is 37.3 Å². The second-order valence-electron chi connectivity index (χ2n) is 4.80. The molecular formula is C12H19N3OS. The number of hydrogen-bond donors (Lipinski definition) is 1. The second-order valence-corrected chi connectivity index (χ2v) is 5.78. The Hall–Kier alpha value is -0.490. The van der Waals surface area contributed by atoms with Crippen molar-refractivity contribution in [2.45, 2.75) is 31.5 Å². The van der Waals surface area contributed by atoms with Gasteiger partial charge in [-0.25, -0.2) is 4.98 Å². The van der Waals surface area contributed by atoms with Crippen molar-refractivity contribution in [1.29, 1.82) is 0 Å². The SMILES string of the molecule is c1csc(CNCC2CN3CCCC3CO2)n1. The minimum Gasteiger partial charge on any atom is -0.374 e. The molecule has 2 aliphatic heterocycles. The fraction of sp³-hybridized carbons (Fsp3) is 0.750. The van der Waals surface area contributed by atoms with Crippen LogP contribution in [0.2, 0.25) is 0 Å². The number of aromatic nitrogens is 1. The molecule has 0 aromatic carbocycles. The molecule has 0 radical (unpaired) electrons. The van der Waals surface area contributed by atoms with Crippen molar-refractivity contribution in [2.75, 3.05) is 26.2 Å². The molecule has 3 heterocycles. The van der Waals surface area contributed by atoms with Gasteiger partial charge in [-0.2, -0.15) is 0 Å². The van der Waals surface area contributed by atoms with Crippen molar-refractivity contribution >= 4 is 11.3 Å². The van der Waals surface area contributed by atoms with E-state index in [0.29, 0.717) is 12.1 Å². The van der Waals surface area contributed by atoms with E-state index in [1.54, 1.807) is 11.3 Å². The number of fused-ring (bicyclic) bond motifs is 1. The van der Waals surface area contributed by atoms with E-state index in [1.165, 1.54) is 19.4 Å². The summed E-state index contributed by atoms with van der Waals surface area (Å²) in [6.45, 7) is 5.07. The van der Waals surface area contributed by atoms with E-state index >= 15 is 0 Å². The van der Waals surface area contributed by atoms with Gasteiger partial charge in [0.15, 0.2) is 0 Å². The maximum Gasteiger partial charge on any atom is 0.106 e. The molecule has 5 heteroatoms. The van der Waals surface area contributed by atoms with Gasteiger partial charge < -0.3 is 10.1 Å². The van der Waals surface area contributed by atoms with Crippen LogP contribution in [-0.4, -0.2) is 48.3 Å². The number of thiazole rings is 1. The molecule has 4 nitrogen and oxygen atoms in total. The zero-order chi connectivity index (χ0) is 11.5. The van der Waals surface area contributed by atoms with Gasteiger partial charge in [0.2, 0.25) is 0 Å². The van der Waals surface area contributed by atoms with Crippen LogP contribution in [0, 0.1) is 0 Å². The highest BCUT2D eigenvalue weighted by atomic mass is 32.1. The van der Waals surface area contributed by atoms with E-state index in [0.717, 1.165) is 31.2 Å². The summed E-state index contributed by atoms with van der Waals surface area (Å²) < 4.78 is 5.89. The Labute approximate surface area is 106 Å². The molecule has 2 fully saturated rings. The topological polar surface area (TPSA) is 37.4 Å². The van der Waals surface area contributed by atoms with Crippen LogP contribution in [0.3, 0.4) is 0 Å². The first kappa shape index (κ1) is 11.6. The maximum absolute atomic E-state index is 5.89. The highest BCUT2D eigenvalue weighted by Gasteiger charge is 2.31. The zero-order valence-electron chi connectivity index (χ0n) is 9.97. The number of nitrogens with zero attached hydrogens (tertiary/aromatic N) is 2. The monoisotopic (exact) mass is 253 g/mol. The fourth-order valence-corrected chi connectivity index (χ4v) is 3.28. The summed E-state index contributed by atoms with van der Waals surface area (Å²) in [5.41, 5.74) is 0. The first-order valence-electron chi connectivity index (χ1n) is 6.36. The van der Waals surface area contributed by atoms with E-state index in [9.17, 15) is 0 Å². The normalized spacial score (nSPS) is 29.4. The lowest BCUT2D eigenvalue weighted by molar-refractivity contribution is -0.0470. The summed E-state index contributed by atoms with van der Waals surface area (Å²) in [6.07, 6.45) is 4.87. The number of rotatable bonds is 4. The van der Waals surface area contributed by atoms with Crippen LogP contribution < -0.4 is 5.32 Å². The molecular weight excluding hydrogens is 234 g/mol. The smallest absolute Gasteiger partial charge is 0.106 e. The molecule has 2 atom stereocenters. The molecule has 2 unspecified atom stereocenters. The first-order valence-corrected chi connectivity index (χ1v) is 7.24. The van der Waals surface area contributed by atoms with Crippen molar-refractivity contribution in [3.63, 3.8) is 0 Å². The summed E-state index contributed by atoms with van der Waals surface area (Å²) >= 11 is 1.70. The third-order valence-corrected chi connectivity index (χ3v) is 4.37. The molecule has 1 aromatic heterocycles. The number of morpholine rings is 1. The molecule has 0 saturated carbocycles. The number of ether oxygens (including phenoxy) is 1. The summed E-state index contributed by atoms with van der Waals surface area (Å²) in [5.74, 6) is 0. The molecule has 0 aliphatic carbocycles. The van der Waals surface area contributed by atoms with Gasteiger partial charge in [0.25, 0.3) is 0 Å². The van der Waals surface area contributed by atoms with Gasteiger partial charge in [-0.15, -0.1) is 11.3 Å². The van der Waals surface area contributed by atoms with Crippen LogP contribution in [0.25, 0.3) is 0 Å². The van der Waals surface area contributed by atoms with Gasteiger partial charge >= 0.3 is 0 Å². The second kappa shape index (κ2) is 5.44.